The monoisotopic (exact) mass is 237 g/mol. The van der Waals surface area contributed by atoms with Crippen LogP contribution in [0.4, 0.5) is 0 Å². The summed E-state index contributed by atoms with van der Waals surface area (Å²) in [5.74, 6) is 0.0205. The highest BCUT2D eigenvalue weighted by Gasteiger charge is 2.51. The first kappa shape index (κ1) is 11.2. The molecule has 3 aliphatic rings. The number of hydrogen-bond donors (Lipinski definition) is 1. The smallest absolute Gasteiger partial charge is 0.224 e. The normalized spacial score (nSPS) is 39.8. The van der Waals surface area contributed by atoms with Crippen molar-refractivity contribution in [3.63, 3.8) is 0 Å². The molecule has 0 aromatic heterocycles. The van der Waals surface area contributed by atoms with Crippen LogP contribution in [0.1, 0.15) is 33.1 Å². The van der Waals surface area contributed by atoms with Gasteiger partial charge in [-0.05, 0) is 5.92 Å². The number of allylic oxidation sites excluding steroid dienone is 1. The molecule has 1 amide bonds. The fourth-order valence-corrected chi connectivity index (χ4v) is 3.27. The maximum absolute atomic E-state index is 11.6. The molecule has 1 aliphatic carbocycles. The van der Waals surface area contributed by atoms with Crippen LogP contribution in [-0.2, 0) is 14.3 Å². The van der Waals surface area contributed by atoms with E-state index in [1.807, 2.05) is 0 Å². The molecule has 0 saturated carbocycles. The van der Waals surface area contributed by atoms with Gasteiger partial charge in [-0.2, -0.15) is 0 Å². The molecule has 1 N–H and O–H groups in total. The third kappa shape index (κ3) is 1.62. The van der Waals surface area contributed by atoms with Crippen molar-refractivity contribution in [3.05, 3.63) is 11.8 Å². The zero-order valence-electron chi connectivity index (χ0n) is 10.4. The summed E-state index contributed by atoms with van der Waals surface area (Å²) < 4.78 is 11.6. The summed E-state index contributed by atoms with van der Waals surface area (Å²) in [5.41, 5.74) is 1.03. The van der Waals surface area contributed by atoms with Gasteiger partial charge in [0.05, 0.1) is 13.2 Å². The van der Waals surface area contributed by atoms with E-state index < -0.39 is 5.79 Å². The lowest BCUT2D eigenvalue weighted by Gasteiger charge is -2.48. The van der Waals surface area contributed by atoms with Gasteiger partial charge < -0.3 is 14.8 Å². The molecule has 0 aromatic carbocycles. The van der Waals surface area contributed by atoms with E-state index in [-0.39, 0.29) is 11.3 Å². The van der Waals surface area contributed by atoms with Crippen LogP contribution >= 0.6 is 0 Å². The first-order chi connectivity index (χ1) is 8.04. The second kappa shape index (κ2) is 3.56. The summed E-state index contributed by atoms with van der Waals surface area (Å²) >= 11 is 0. The van der Waals surface area contributed by atoms with Crippen molar-refractivity contribution in [2.75, 3.05) is 13.2 Å². The second-order valence-electron chi connectivity index (χ2n) is 5.68. The van der Waals surface area contributed by atoms with Crippen molar-refractivity contribution in [3.8, 4) is 0 Å². The fraction of sp³-hybridized carbons (Fsp3) is 0.769. The third-order valence-electron chi connectivity index (χ3n) is 4.54. The van der Waals surface area contributed by atoms with E-state index in [1.54, 1.807) is 0 Å². The Labute approximate surface area is 101 Å². The second-order valence-corrected chi connectivity index (χ2v) is 5.68. The summed E-state index contributed by atoms with van der Waals surface area (Å²) in [6, 6.07) is 0. The number of amides is 1. The molecular weight excluding hydrogens is 218 g/mol. The summed E-state index contributed by atoms with van der Waals surface area (Å²) in [6.07, 6.45) is 4.25. The molecule has 2 heterocycles. The highest BCUT2D eigenvalue weighted by atomic mass is 16.7. The first-order valence-corrected chi connectivity index (χ1v) is 6.33. The average molecular weight is 237 g/mol. The van der Waals surface area contributed by atoms with Gasteiger partial charge in [-0.3, -0.25) is 4.79 Å². The zero-order chi connectivity index (χ0) is 12.1. The SMILES string of the molecule is C[C@@H]1CC(=O)NC2=CCC3(C[C@]21C)OCCO3. The average Bonchev–Trinajstić information content (AvgIpc) is 2.69. The Bertz CT molecular complexity index is 384. The van der Waals surface area contributed by atoms with E-state index in [2.05, 4.69) is 25.2 Å². The predicted molar refractivity (Wildman–Crippen MR) is 62.0 cm³/mol. The van der Waals surface area contributed by atoms with Crippen molar-refractivity contribution >= 4 is 5.91 Å². The van der Waals surface area contributed by atoms with E-state index in [0.29, 0.717) is 25.6 Å². The van der Waals surface area contributed by atoms with Gasteiger partial charge in [-0.25, -0.2) is 0 Å². The van der Waals surface area contributed by atoms with Crippen molar-refractivity contribution in [1.82, 2.24) is 5.32 Å². The summed E-state index contributed by atoms with van der Waals surface area (Å²) in [5, 5.41) is 3.01. The molecule has 2 aliphatic heterocycles. The summed E-state index contributed by atoms with van der Waals surface area (Å²) in [7, 11) is 0. The number of piperidine rings is 1. The van der Waals surface area contributed by atoms with E-state index in [4.69, 9.17) is 9.47 Å². The molecule has 3 rings (SSSR count). The molecule has 4 heteroatoms. The Hall–Kier alpha value is -0.870. The lowest BCUT2D eigenvalue weighted by molar-refractivity contribution is -0.186. The predicted octanol–water partition coefficient (Wildman–Crippen LogP) is 1.57. The zero-order valence-corrected chi connectivity index (χ0v) is 10.4. The molecule has 17 heavy (non-hydrogen) atoms. The van der Waals surface area contributed by atoms with Crippen molar-refractivity contribution in [2.24, 2.45) is 11.3 Å². The highest BCUT2D eigenvalue weighted by molar-refractivity contribution is 5.80. The molecule has 2 fully saturated rings. The maximum Gasteiger partial charge on any atom is 0.224 e. The van der Waals surface area contributed by atoms with Crippen LogP contribution in [0.25, 0.3) is 0 Å². The Balaban J connectivity index is 1.94. The number of fused-ring (bicyclic) bond motifs is 1. The number of carbonyl (C=O) groups excluding carboxylic acids is 1. The molecule has 0 aromatic rings. The Kier molecular flexibility index (Phi) is 2.35. The molecule has 2 saturated heterocycles. The molecule has 94 valence electrons. The molecular formula is C13H19NO3. The minimum Gasteiger partial charge on any atom is -0.347 e. The van der Waals surface area contributed by atoms with Crippen LogP contribution in [0.3, 0.4) is 0 Å². The number of rotatable bonds is 0. The van der Waals surface area contributed by atoms with Crippen LogP contribution in [-0.4, -0.2) is 24.9 Å². The highest BCUT2D eigenvalue weighted by Crippen LogP contribution is 2.51. The van der Waals surface area contributed by atoms with Crippen LogP contribution in [0, 0.1) is 11.3 Å². The number of nitrogens with one attached hydrogen (secondary N) is 1. The maximum atomic E-state index is 11.6. The molecule has 4 nitrogen and oxygen atoms in total. The standard InChI is InChI=1S/C13H19NO3/c1-9-7-11(15)14-10-3-4-13(8-12(9,10)2)16-5-6-17-13/h3,9H,4-8H2,1-2H3,(H,14,15)/t9-,12+/m1/s1. The number of ether oxygens (including phenoxy) is 2. The fourth-order valence-electron chi connectivity index (χ4n) is 3.27. The van der Waals surface area contributed by atoms with Crippen LogP contribution in [0.15, 0.2) is 11.8 Å². The van der Waals surface area contributed by atoms with Crippen molar-refractivity contribution in [1.29, 1.82) is 0 Å². The van der Waals surface area contributed by atoms with Gasteiger partial charge in [0.1, 0.15) is 0 Å². The molecule has 1 spiro atoms. The largest absolute Gasteiger partial charge is 0.347 e. The minimum absolute atomic E-state index is 0.0312. The molecule has 0 radical (unpaired) electrons. The molecule has 0 bridgehead atoms. The quantitative estimate of drug-likeness (QED) is 0.695. The Morgan fingerprint density at radius 2 is 2.12 bits per heavy atom. The van der Waals surface area contributed by atoms with Gasteiger partial charge in [-0.15, -0.1) is 0 Å². The topological polar surface area (TPSA) is 47.6 Å². The van der Waals surface area contributed by atoms with Crippen molar-refractivity contribution < 1.29 is 14.3 Å². The van der Waals surface area contributed by atoms with Crippen molar-refractivity contribution in [2.45, 2.75) is 38.9 Å². The van der Waals surface area contributed by atoms with Gasteiger partial charge >= 0.3 is 0 Å². The van der Waals surface area contributed by atoms with Gasteiger partial charge in [-0.1, -0.05) is 19.9 Å². The molecule has 0 unspecified atom stereocenters. The van der Waals surface area contributed by atoms with Crippen LogP contribution in [0.2, 0.25) is 0 Å². The molecule has 2 atom stereocenters. The Morgan fingerprint density at radius 1 is 1.41 bits per heavy atom. The number of carbonyl (C=O) groups is 1. The van der Waals surface area contributed by atoms with E-state index in [0.717, 1.165) is 18.5 Å². The first-order valence-electron chi connectivity index (χ1n) is 6.33. The lowest BCUT2D eigenvalue weighted by Crippen LogP contribution is -2.51. The van der Waals surface area contributed by atoms with Gasteiger partial charge in [0.2, 0.25) is 5.91 Å². The summed E-state index contributed by atoms with van der Waals surface area (Å²) in [4.78, 5) is 11.6. The van der Waals surface area contributed by atoms with Crippen LogP contribution in [0.5, 0.6) is 0 Å². The van der Waals surface area contributed by atoms with Crippen LogP contribution < -0.4 is 5.32 Å². The lowest BCUT2D eigenvalue weighted by atomic mass is 9.64. The van der Waals surface area contributed by atoms with E-state index in [9.17, 15) is 4.79 Å². The van der Waals surface area contributed by atoms with E-state index >= 15 is 0 Å². The minimum atomic E-state index is -0.436. The summed E-state index contributed by atoms with van der Waals surface area (Å²) in [6.45, 7) is 5.70. The van der Waals surface area contributed by atoms with E-state index in [1.165, 1.54) is 0 Å². The van der Waals surface area contributed by atoms with Gasteiger partial charge in [0.25, 0.3) is 0 Å². The van der Waals surface area contributed by atoms with Gasteiger partial charge in [0.15, 0.2) is 5.79 Å². The Morgan fingerprint density at radius 3 is 2.82 bits per heavy atom. The van der Waals surface area contributed by atoms with Gasteiger partial charge in [0, 0.05) is 30.4 Å². The third-order valence-corrected chi connectivity index (χ3v) is 4.54. The number of hydrogen-bond acceptors (Lipinski definition) is 3.